The number of hydrogen-bond donors (Lipinski definition) is 2. The van der Waals surface area contributed by atoms with Crippen LogP contribution in [0.4, 0.5) is 11.4 Å². The molecule has 2 N–H and O–H groups in total. The molecule has 2 heterocycles. The third kappa shape index (κ3) is 4.03. The summed E-state index contributed by atoms with van der Waals surface area (Å²) in [7, 11) is 1.78. The normalized spacial score (nSPS) is 27.0. The molecule has 3 rings (SSSR count). The lowest BCUT2D eigenvalue weighted by Crippen LogP contribution is -2.47. The number of carbonyl (C=O) groups is 1. The van der Waals surface area contributed by atoms with Gasteiger partial charge in [0.2, 0.25) is 5.91 Å². The highest BCUT2D eigenvalue weighted by molar-refractivity contribution is 5.89. The van der Waals surface area contributed by atoms with E-state index in [2.05, 4.69) is 21.6 Å². The van der Waals surface area contributed by atoms with Crippen LogP contribution in [0.2, 0.25) is 0 Å². The topological polar surface area (TPSA) is 53.6 Å². The molecule has 2 unspecified atom stereocenters. The molecule has 2 saturated heterocycles. The molecule has 126 valence electrons. The first-order valence-corrected chi connectivity index (χ1v) is 8.54. The molecule has 1 aromatic carbocycles. The van der Waals surface area contributed by atoms with Gasteiger partial charge in [0.1, 0.15) is 0 Å². The lowest BCUT2D eigenvalue weighted by molar-refractivity contribution is -0.114. The third-order valence-electron chi connectivity index (χ3n) is 4.99. The van der Waals surface area contributed by atoms with Crippen molar-refractivity contribution in [1.29, 1.82) is 0 Å². The molecular weight excluding hydrogens is 290 g/mol. The molecule has 0 aliphatic carbocycles. The lowest BCUT2D eigenvalue weighted by atomic mass is 9.97. The van der Waals surface area contributed by atoms with Gasteiger partial charge in [-0.3, -0.25) is 9.69 Å². The Labute approximate surface area is 138 Å². The van der Waals surface area contributed by atoms with Gasteiger partial charge in [-0.1, -0.05) is 6.07 Å². The molecule has 2 atom stereocenters. The molecule has 0 aromatic heterocycles. The zero-order valence-corrected chi connectivity index (χ0v) is 14.0. The van der Waals surface area contributed by atoms with E-state index >= 15 is 0 Å². The smallest absolute Gasteiger partial charge is 0.221 e. The molecule has 0 spiro atoms. The van der Waals surface area contributed by atoms with Crippen LogP contribution in [0.5, 0.6) is 0 Å². The predicted octanol–water partition coefficient (Wildman–Crippen LogP) is 2.70. The Kier molecular flexibility index (Phi) is 5.18. The molecule has 1 aromatic rings. The molecule has 0 saturated carbocycles. The Bertz CT molecular complexity index is 535. The standard InChI is InChI=1S/C18H27N3O2/c1-13(22)19-14-4-3-5-15(10-14)20-16-11-17-6-7-18(12-16)21(17)8-9-23-2/h3-5,10,16-18,20H,6-9,11-12H2,1-2H3,(H,19,22). The first-order valence-electron chi connectivity index (χ1n) is 8.54. The highest BCUT2D eigenvalue weighted by Gasteiger charge is 2.40. The summed E-state index contributed by atoms with van der Waals surface area (Å²) in [6.45, 7) is 3.41. The Morgan fingerprint density at radius 2 is 1.96 bits per heavy atom. The average molecular weight is 317 g/mol. The summed E-state index contributed by atoms with van der Waals surface area (Å²) >= 11 is 0. The van der Waals surface area contributed by atoms with Crippen LogP contribution in [0.3, 0.4) is 0 Å². The van der Waals surface area contributed by atoms with Crippen molar-refractivity contribution >= 4 is 17.3 Å². The lowest BCUT2D eigenvalue weighted by Gasteiger charge is -2.39. The average Bonchev–Trinajstić information content (AvgIpc) is 2.74. The molecule has 2 aliphatic rings. The number of methoxy groups -OCH3 is 1. The van der Waals surface area contributed by atoms with E-state index in [-0.39, 0.29) is 5.91 Å². The maximum Gasteiger partial charge on any atom is 0.221 e. The maximum atomic E-state index is 11.2. The Balaban J connectivity index is 1.59. The molecule has 5 heteroatoms. The van der Waals surface area contributed by atoms with Crippen molar-refractivity contribution in [3.05, 3.63) is 24.3 Å². The van der Waals surface area contributed by atoms with Crippen molar-refractivity contribution in [3.63, 3.8) is 0 Å². The maximum absolute atomic E-state index is 11.2. The van der Waals surface area contributed by atoms with Gasteiger partial charge in [0.05, 0.1) is 6.61 Å². The summed E-state index contributed by atoms with van der Waals surface area (Å²) in [4.78, 5) is 13.8. The van der Waals surface area contributed by atoms with Gasteiger partial charge >= 0.3 is 0 Å². The van der Waals surface area contributed by atoms with E-state index < -0.39 is 0 Å². The molecular formula is C18H27N3O2. The van der Waals surface area contributed by atoms with Gasteiger partial charge in [0, 0.05) is 50.1 Å². The van der Waals surface area contributed by atoms with Crippen LogP contribution >= 0.6 is 0 Å². The number of ether oxygens (including phenoxy) is 1. The van der Waals surface area contributed by atoms with Gasteiger partial charge in [-0.2, -0.15) is 0 Å². The van der Waals surface area contributed by atoms with Gasteiger partial charge < -0.3 is 15.4 Å². The van der Waals surface area contributed by atoms with Crippen LogP contribution in [0, 0.1) is 0 Å². The first kappa shape index (κ1) is 16.3. The number of piperidine rings is 1. The second-order valence-electron chi connectivity index (χ2n) is 6.69. The van der Waals surface area contributed by atoms with Crippen LogP contribution in [-0.2, 0) is 9.53 Å². The number of carbonyl (C=O) groups excluding carboxylic acids is 1. The van der Waals surface area contributed by atoms with E-state index in [9.17, 15) is 4.79 Å². The van der Waals surface area contributed by atoms with Crippen molar-refractivity contribution in [1.82, 2.24) is 4.90 Å². The number of anilines is 2. The first-order chi connectivity index (χ1) is 11.2. The second kappa shape index (κ2) is 7.32. The molecule has 5 nitrogen and oxygen atoms in total. The van der Waals surface area contributed by atoms with E-state index in [4.69, 9.17) is 4.74 Å². The van der Waals surface area contributed by atoms with Gasteiger partial charge in [0.15, 0.2) is 0 Å². The van der Waals surface area contributed by atoms with Gasteiger partial charge in [-0.15, -0.1) is 0 Å². The quantitative estimate of drug-likeness (QED) is 0.847. The molecule has 0 radical (unpaired) electrons. The Hall–Kier alpha value is -1.59. The van der Waals surface area contributed by atoms with Crippen LogP contribution in [0.15, 0.2) is 24.3 Å². The molecule has 1 amide bonds. The van der Waals surface area contributed by atoms with Gasteiger partial charge in [0.25, 0.3) is 0 Å². The Morgan fingerprint density at radius 3 is 2.61 bits per heavy atom. The zero-order chi connectivity index (χ0) is 16.2. The van der Waals surface area contributed by atoms with Crippen LogP contribution in [-0.4, -0.2) is 49.2 Å². The summed E-state index contributed by atoms with van der Waals surface area (Å²) in [6, 6.07) is 9.86. The number of fused-ring (bicyclic) bond motifs is 2. The minimum absolute atomic E-state index is 0.0355. The highest BCUT2D eigenvalue weighted by Crippen LogP contribution is 2.36. The van der Waals surface area contributed by atoms with Crippen molar-refractivity contribution in [3.8, 4) is 0 Å². The van der Waals surface area contributed by atoms with Crippen LogP contribution in [0.1, 0.15) is 32.6 Å². The zero-order valence-electron chi connectivity index (χ0n) is 14.0. The van der Waals surface area contributed by atoms with E-state index in [1.54, 1.807) is 7.11 Å². The number of amides is 1. The van der Waals surface area contributed by atoms with Crippen molar-refractivity contribution < 1.29 is 9.53 Å². The number of nitrogens with zero attached hydrogens (tertiary/aromatic N) is 1. The molecule has 2 aliphatic heterocycles. The molecule has 23 heavy (non-hydrogen) atoms. The number of nitrogens with one attached hydrogen (secondary N) is 2. The van der Waals surface area contributed by atoms with Gasteiger partial charge in [-0.05, 0) is 43.9 Å². The molecule has 2 bridgehead atoms. The summed E-state index contributed by atoms with van der Waals surface area (Å²) < 4.78 is 5.24. The fourth-order valence-corrected chi connectivity index (χ4v) is 4.08. The second-order valence-corrected chi connectivity index (χ2v) is 6.69. The van der Waals surface area contributed by atoms with Crippen molar-refractivity contribution in [2.75, 3.05) is 30.9 Å². The summed E-state index contributed by atoms with van der Waals surface area (Å²) in [5.41, 5.74) is 1.94. The largest absolute Gasteiger partial charge is 0.383 e. The minimum Gasteiger partial charge on any atom is -0.383 e. The van der Waals surface area contributed by atoms with E-state index in [0.29, 0.717) is 18.1 Å². The van der Waals surface area contributed by atoms with Crippen LogP contribution < -0.4 is 10.6 Å². The van der Waals surface area contributed by atoms with E-state index in [1.807, 2.05) is 18.2 Å². The minimum atomic E-state index is -0.0355. The summed E-state index contributed by atoms with van der Waals surface area (Å²) in [5, 5.41) is 6.50. The third-order valence-corrected chi connectivity index (χ3v) is 4.99. The van der Waals surface area contributed by atoms with Crippen molar-refractivity contribution in [2.45, 2.75) is 50.7 Å². The molecule has 2 fully saturated rings. The van der Waals surface area contributed by atoms with E-state index in [0.717, 1.165) is 24.5 Å². The highest BCUT2D eigenvalue weighted by atomic mass is 16.5. The fraction of sp³-hybridized carbons (Fsp3) is 0.611. The SMILES string of the molecule is COCCN1C2CCC1CC(Nc1cccc(NC(C)=O)c1)C2. The number of hydrogen-bond acceptors (Lipinski definition) is 4. The van der Waals surface area contributed by atoms with E-state index in [1.165, 1.54) is 32.6 Å². The number of rotatable bonds is 6. The van der Waals surface area contributed by atoms with Crippen molar-refractivity contribution in [2.24, 2.45) is 0 Å². The van der Waals surface area contributed by atoms with Crippen LogP contribution in [0.25, 0.3) is 0 Å². The predicted molar refractivity (Wildman–Crippen MR) is 92.8 cm³/mol. The summed E-state index contributed by atoms with van der Waals surface area (Å²) in [6.07, 6.45) is 4.98. The monoisotopic (exact) mass is 317 g/mol. The Morgan fingerprint density at radius 1 is 1.26 bits per heavy atom. The summed E-state index contributed by atoms with van der Waals surface area (Å²) in [5.74, 6) is -0.0355. The van der Waals surface area contributed by atoms with Gasteiger partial charge in [-0.25, -0.2) is 0 Å². The number of benzene rings is 1. The fourth-order valence-electron chi connectivity index (χ4n) is 4.08.